The second-order valence-corrected chi connectivity index (χ2v) is 14.6. The standard InChI is InChI=1S/C52H36/c1-2-18-41-33(12-1)13-11-25-42(41)43-19-3-4-20-44(43)52-47-23-7-5-21-45(47)51(46-22-6-8-24-48(46)52)37-17-10-16-36(30-37)40-31-38-28-26-34-14-9-15-35-27-29-39(32-40)50(38)49(34)35/h1-8,10-14,16-30,32,40H,9,15,31H2. The maximum absolute atomic E-state index is 2.53. The van der Waals surface area contributed by atoms with Crippen molar-refractivity contribution >= 4 is 55.2 Å². The van der Waals surface area contributed by atoms with Crippen LogP contribution in [-0.4, -0.2) is 0 Å². The highest BCUT2D eigenvalue weighted by Crippen LogP contribution is 2.47. The lowest BCUT2D eigenvalue weighted by Gasteiger charge is -2.24. The van der Waals surface area contributed by atoms with Crippen molar-refractivity contribution in [2.45, 2.75) is 25.2 Å². The second kappa shape index (κ2) is 11.7. The van der Waals surface area contributed by atoms with Crippen LogP contribution in [0.25, 0.3) is 88.6 Å². The van der Waals surface area contributed by atoms with Crippen molar-refractivity contribution in [3.8, 4) is 33.4 Å². The minimum absolute atomic E-state index is 0.323. The average molecular weight is 661 g/mol. The number of rotatable bonds is 4. The van der Waals surface area contributed by atoms with E-state index in [1.165, 1.54) is 104 Å². The Hall–Kier alpha value is -6.24. The molecule has 11 rings (SSSR count). The van der Waals surface area contributed by atoms with Gasteiger partial charge in [0.1, 0.15) is 0 Å². The molecule has 9 aromatic rings. The smallest absolute Gasteiger partial charge is 0.00680 e. The molecule has 9 aromatic carbocycles. The van der Waals surface area contributed by atoms with Crippen molar-refractivity contribution in [3.05, 3.63) is 191 Å². The van der Waals surface area contributed by atoms with Gasteiger partial charge in [0.2, 0.25) is 0 Å². The largest absolute Gasteiger partial charge is 0.0763 e. The van der Waals surface area contributed by atoms with Crippen molar-refractivity contribution < 1.29 is 0 Å². The molecule has 0 nitrogen and oxygen atoms in total. The van der Waals surface area contributed by atoms with E-state index in [4.69, 9.17) is 0 Å². The lowest BCUT2D eigenvalue weighted by Crippen LogP contribution is -2.21. The molecule has 0 bridgehead atoms. The molecule has 0 saturated heterocycles. The van der Waals surface area contributed by atoms with Gasteiger partial charge in [-0.25, -0.2) is 0 Å². The van der Waals surface area contributed by atoms with Crippen LogP contribution in [0.1, 0.15) is 29.0 Å². The summed E-state index contributed by atoms with van der Waals surface area (Å²) < 4.78 is 0. The van der Waals surface area contributed by atoms with Crippen LogP contribution in [-0.2, 0) is 12.8 Å². The molecule has 0 saturated carbocycles. The fraction of sp³-hybridized carbons (Fsp3) is 0.0769. The monoisotopic (exact) mass is 660 g/mol. The van der Waals surface area contributed by atoms with Gasteiger partial charge in [0, 0.05) is 5.92 Å². The summed E-state index contributed by atoms with van der Waals surface area (Å²) in [4.78, 5) is 0. The first kappa shape index (κ1) is 29.5. The fourth-order valence-corrected chi connectivity index (χ4v) is 9.54. The first-order chi connectivity index (χ1) is 25.8. The molecular weight excluding hydrogens is 625 g/mol. The van der Waals surface area contributed by atoms with E-state index in [1.54, 1.807) is 0 Å². The van der Waals surface area contributed by atoms with Gasteiger partial charge in [0.05, 0.1) is 0 Å². The van der Waals surface area contributed by atoms with E-state index >= 15 is 0 Å². The van der Waals surface area contributed by atoms with Gasteiger partial charge in [-0.3, -0.25) is 0 Å². The zero-order valence-electron chi connectivity index (χ0n) is 28.9. The molecule has 0 aliphatic heterocycles. The van der Waals surface area contributed by atoms with Crippen LogP contribution in [0.5, 0.6) is 0 Å². The highest BCUT2D eigenvalue weighted by atomic mass is 14.3. The minimum atomic E-state index is 0.323. The van der Waals surface area contributed by atoms with Crippen LogP contribution in [0.2, 0.25) is 0 Å². The van der Waals surface area contributed by atoms with Gasteiger partial charge in [-0.2, -0.15) is 0 Å². The van der Waals surface area contributed by atoms with E-state index in [2.05, 4.69) is 176 Å². The Morgan fingerprint density at radius 2 is 1.02 bits per heavy atom. The summed E-state index contributed by atoms with van der Waals surface area (Å²) in [7, 11) is 0. The Morgan fingerprint density at radius 1 is 0.423 bits per heavy atom. The van der Waals surface area contributed by atoms with Crippen LogP contribution >= 0.6 is 0 Å². The molecule has 1 atom stereocenters. The topological polar surface area (TPSA) is 0 Å². The van der Waals surface area contributed by atoms with Gasteiger partial charge in [-0.1, -0.05) is 176 Å². The van der Waals surface area contributed by atoms with E-state index in [-0.39, 0.29) is 0 Å². The van der Waals surface area contributed by atoms with E-state index in [1.807, 2.05) is 0 Å². The molecule has 0 aromatic heterocycles. The Morgan fingerprint density at radius 3 is 1.83 bits per heavy atom. The highest BCUT2D eigenvalue weighted by molar-refractivity contribution is 6.22. The third-order valence-corrected chi connectivity index (χ3v) is 11.8. The predicted octanol–water partition coefficient (Wildman–Crippen LogP) is 12.1. The van der Waals surface area contributed by atoms with Crippen LogP contribution in [0.4, 0.5) is 0 Å². The lowest BCUT2D eigenvalue weighted by atomic mass is 9.80. The lowest BCUT2D eigenvalue weighted by molar-refractivity contribution is 0.869. The molecule has 0 amide bonds. The number of fused-ring (bicyclic) bond motifs is 3. The molecule has 2 aliphatic carbocycles. The van der Waals surface area contributed by atoms with Crippen LogP contribution in [0, 0.1) is 0 Å². The summed E-state index contributed by atoms with van der Waals surface area (Å²) in [5.41, 5.74) is 12.0. The van der Waals surface area contributed by atoms with Crippen LogP contribution in [0.15, 0.2) is 164 Å². The Kier molecular flexibility index (Phi) is 6.61. The van der Waals surface area contributed by atoms with Gasteiger partial charge in [-0.05, 0) is 123 Å². The summed E-state index contributed by atoms with van der Waals surface area (Å²) in [6.45, 7) is 0. The van der Waals surface area contributed by atoms with Gasteiger partial charge in [-0.15, -0.1) is 0 Å². The number of benzene rings is 9. The number of aryl methyl sites for hydroxylation is 1. The van der Waals surface area contributed by atoms with Gasteiger partial charge < -0.3 is 0 Å². The van der Waals surface area contributed by atoms with Gasteiger partial charge in [0.25, 0.3) is 0 Å². The molecular formula is C52H36. The first-order valence-electron chi connectivity index (χ1n) is 18.7. The Balaban J connectivity index is 1.12. The van der Waals surface area contributed by atoms with Crippen molar-refractivity contribution in [1.82, 2.24) is 0 Å². The predicted molar refractivity (Wildman–Crippen MR) is 222 cm³/mol. The minimum Gasteiger partial charge on any atom is -0.0763 e. The van der Waals surface area contributed by atoms with Crippen LogP contribution in [0.3, 0.4) is 0 Å². The van der Waals surface area contributed by atoms with E-state index in [9.17, 15) is 0 Å². The molecule has 1 unspecified atom stereocenters. The van der Waals surface area contributed by atoms with Crippen molar-refractivity contribution in [2.24, 2.45) is 0 Å². The molecule has 2 aliphatic rings. The maximum Gasteiger partial charge on any atom is 0.00680 e. The van der Waals surface area contributed by atoms with Crippen molar-refractivity contribution in [1.29, 1.82) is 0 Å². The summed E-state index contributed by atoms with van der Waals surface area (Å²) >= 11 is 0. The average Bonchev–Trinajstić information content (AvgIpc) is 3.21. The molecule has 0 heteroatoms. The van der Waals surface area contributed by atoms with Crippen molar-refractivity contribution in [2.75, 3.05) is 0 Å². The zero-order chi connectivity index (χ0) is 34.2. The number of hydrogen-bond donors (Lipinski definition) is 0. The molecule has 244 valence electrons. The third-order valence-electron chi connectivity index (χ3n) is 11.8. The normalized spacial score (nSPS) is 14.8. The van der Waals surface area contributed by atoms with E-state index < -0.39 is 0 Å². The van der Waals surface area contributed by atoms with Gasteiger partial charge in [0.15, 0.2) is 0 Å². The summed E-state index contributed by atoms with van der Waals surface area (Å²) in [6.07, 6.45) is 8.28. The van der Waals surface area contributed by atoms with Crippen LogP contribution < -0.4 is 10.4 Å². The molecule has 0 spiro atoms. The van der Waals surface area contributed by atoms with Crippen molar-refractivity contribution in [3.63, 3.8) is 0 Å². The quantitative estimate of drug-likeness (QED) is 0.165. The van der Waals surface area contributed by atoms with E-state index in [0.29, 0.717) is 5.92 Å². The van der Waals surface area contributed by atoms with Gasteiger partial charge >= 0.3 is 0 Å². The zero-order valence-corrected chi connectivity index (χ0v) is 28.9. The summed E-state index contributed by atoms with van der Waals surface area (Å²) in [6, 6.07) is 61.4. The summed E-state index contributed by atoms with van der Waals surface area (Å²) in [5.74, 6) is 0.323. The summed E-state index contributed by atoms with van der Waals surface area (Å²) in [5, 5.41) is 13.4. The molecule has 52 heavy (non-hydrogen) atoms. The fourth-order valence-electron chi connectivity index (χ4n) is 9.54. The second-order valence-electron chi connectivity index (χ2n) is 14.6. The third kappa shape index (κ3) is 4.47. The molecule has 0 N–H and O–H groups in total. The van der Waals surface area contributed by atoms with E-state index in [0.717, 1.165) is 19.3 Å². The molecule has 0 fully saturated rings. The molecule has 0 heterocycles. The Labute approximate surface area is 303 Å². The SMILES string of the molecule is C1=c2ccc3c4c(ccc(c24)CC1)=CC(c1cccc(-c2c4ccccc4c(-c4ccccc4-c4cccc5ccccc45)c4ccccc24)c1)C3. The molecule has 0 radical (unpaired) electrons. The number of hydrogen-bond acceptors (Lipinski definition) is 0. The maximum atomic E-state index is 2.53. The highest BCUT2D eigenvalue weighted by Gasteiger charge is 2.22. The first-order valence-corrected chi connectivity index (χ1v) is 18.7. The Bertz CT molecular complexity index is 2990.